The molecule has 0 fully saturated rings. The van der Waals surface area contributed by atoms with Gasteiger partial charge in [0.05, 0.1) is 0 Å². The van der Waals surface area contributed by atoms with Crippen LogP contribution in [0.4, 0.5) is 0 Å². The summed E-state index contributed by atoms with van der Waals surface area (Å²) in [5.74, 6) is 0. The standard InChI is InChI=1S/HNO3.2Rh/c2-1(3)4;;/h(H,2,3,4);;. The summed E-state index contributed by atoms with van der Waals surface area (Å²) < 4.78 is 0. The van der Waals surface area contributed by atoms with Crippen molar-refractivity contribution >= 4 is 0 Å². The Balaban J connectivity index is -0.0000000450. The molecule has 0 aliphatic heterocycles. The normalized spacial score (nSPS) is 4.00. The first-order valence-corrected chi connectivity index (χ1v) is 0.565. The first-order chi connectivity index (χ1) is 1.73. The van der Waals surface area contributed by atoms with E-state index < -0.39 is 5.09 Å². The van der Waals surface area contributed by atoms with E-state index in [1.54, 1.807) is 0 Å². The predicted molar refractivity (Wildman–Crippen MR) is 8.78 cm³/mol. The Morgan fingerprint density at radius 1 is 1.50 bits per heavy atom. The summed E-state index contributed by atoms with van der Waals surface area (Å²) in [6, 6.07) is 0. The topological polar surface area (TPSA) is 63.4 Å². The minimum atomic E-state index is -1.50. The molecule has 0 rings (SSSR count). The molecule has 42 valence electrons. The van der Waals surface area contributed by atoms with Crippen LogP contribution in [0, 0.1) is 10.1 Å². The van der Waals surface area contributed by atoms with Gasteiger partial charge in [0.25, 0.3) is 5.09 Å². The molecule has 0 aliphatic rings. The zero-order chi connectivity index (χ0) is 3.58. The van der Waals surface area contributed by atoms with Crippen LogP contribution in [0.1, 0.15) is 0 Å². The van der Waals surface area contributed by atoms with E-state index >= 15 is 0 Å². The van der Waals surface area contributed by atoms with Gasteiger partial charge < -0.3 is 5.21 Å². The molecule has 0 heterocycles. The average Bonchev–Trinajstić information content (AvgIpc) is 0.811. The number of nitrogens with zero attached hydrogens (tertiary/aromatic N) is 1. The summed E-state index contributed by atoms with van der Waals surface area (Å²) in [6.07, 6.45) is 0. The summed E-state index contributed by atoms with van der Waals surface area (Å²) in [5.41, 5.74) is 0. The molecule has 0 unspecified atom stereocenters. The van der Waals surface area contributed by atoms with Gasteiger partial charge in [-0.05, 0) is 0 Å². The van der Waals surface area contributed by atoms with Gasteiger partial charge in [0, 0.05) is 39.0 Å². The molecule has 0 saturated heterocycles. The van der Waals surface area contributed by atoms with Gasteiger partial charge in [-0.1, -0.05) is 0 Å². The second kappa shape index (κ2) is 9.07. The Morgan fingerprint density at radius 3 is 1.50 bits per heavy atom. The van der Waals surface area contributed by atoms with Gasteiger partial charge in [-0.2, -0.15) is 0 Å². The van der Waals surface area contributed by atoms with E-state index in [2.05, 4.69) is 0 Å². The van der Waals surface area contributed by atoms with Gasteiger partial charge in [0.2, 0.25) is 0 Å². The molecule has 0 aromatic carbocycles. The van der Waals surface area contributed by atoms with Gasteiger partial charge in [0.1, 0.15) is 0 Å². The van der Waals surface area contributed by atoms with E-state index in [1.165, 1.54) is 0 Å². The van der Waals surface area contributed by atoms with Crippen LogP contribution in [-0.4, -0.2) is 10.3 Å². The first kappa shape index (κ1) is 16.1. The molecule has 0 aliphatic carbocycles. The third-order valence-corrected chi connectivity index (χ3v) is 0. The largest absolute Gasteiger partial charge is 0.328 e. The molecular weight excluding hydrogens is 268 g/mol. The van der Waals surface area contributed by atoms with E-state index in [-0.39, 0.29) is 39.0 Å². The maximum atomic E-state index is 8.36. The van der Waals surface area contributed by atoms with Crippen LogP contribution < -0.4 is 0 Å². The number of hydrogen-bond acceptors (Lipinski definition) is 2. The monoisotopic (exact) mass is 269 g/mol. The summed E-state index contributed by atoms with van der Waals surface area (Å²) >= 11 is 0. The van der Waals surface area contributed by atoms with Crippen LogP contribution in [-0.2, 0) is 39.0 Å². The van der Waals surface area contributed by atoms with Gasteiger partial charge in [-0.3, -0.25) is 0 Å². The fraction of sp³-hybridized carbons (Fsp3) is 0. The van der Waals surface area contributed by atoms with E-state index in [0.29, 0.717) is 0 Å². The summed E-state index contributed by atoms with van der Waals surface area (Å²) in [5, 5.41) is 13.6. The Hall–Kier alpha value is 0.447. The first-order valence-electron chi connectivity index (χ1n) is 0.565. The third-order valence-electron chi connectivity index (χ3n) is 0. The zero-order valence-corrected chi connectivity index (χ0v) is 5.65. The Morgan fingerprint density at radius 2 is 1.50 bits per heavy atom. The van der Waals surface area contributed by atoms with Crippen LogP contribution >= 0.6 is 0 Å². The molecule has 0 atom stereocenters. The molecule has 2 radical (unpaired) electrons. The second-order valence-electron chi connectivity index (χ2n) is 0.238. The van der Waals surface area contributed by atoms with Crippen molar-refractivity contribution in [2.45, 2.75) is 0 Å². The van der Waals surface area contributed by atoms with Crippen molar-refractivity contribution in [3.63, 3.8) is 0 Å². The fourth-order valence-corrected chi connectivity index (χ4v) is 0. The fourth-order valence-electron chi connectivity index (χ4n) is 0. The summed E-state index contributed by atoms with van der Waals surface area (Å²) in [6.45, 7) is 0. The van der Waals surface area contributed by atoms with Crippen LogP contribution in [0.25, 0.3) is 0 Å². The smallest absolute Gasteiger partial charge is 0.291 e. The maximum Gasteiger partial charge on any atom is 0.291 e. The molecule has 0 saturated carbocycles. The van der Waals surface area contributed by atoms with Crippen LogP contribution in [0.15, 0.2) is 0 Å². The molecule has 0 aromatic rings. The van der Waals surface area contributed by atoms with Crippen LogP contribution in [0.5, 0.6) is 0 Å². The molecule has 4 nitrogen and oxygen atoms in total. The Kier molecular flexibility index (Phi) is 24.3. The third kappa shape index (κ3) is 265. The molecule has 6 heavy (non-hydrogen) atoms. The van der Waals surface area contributed by atoms with Gasteiger partial charge in [-0.25, -0.2) is 0 Å². The summed E-state index contributed by atoms with van der Waals surface area (Å²) in [7, 11) is 0. The molecular formula is HNO3Rh2. The molecule has 1 N–H and O–H groups in total. The van der Waals surface area contributed by atoms with Crippen LogP contribution in [0.3, 0.4) is 0 Å². The molecule has 0 bridgehead atoms. The van der Waals surface area contributed by atoms with Crippen molar-refractivity contribution in [2.24, 2.45) is 0 Å². The van der Waals surface area contributed by atoms with Crippen molar-refractivity contribution in [1.29, 1.82) is 0 Å². The van der Waals surface area contributed by atoms with Crippen molar-refractivity contribution in [3.05, 3.63) is 10.1 Å². The van der Waals surface area contributed by atoms with E-state index in [9.17, 15) is 0 Å². The summed E-state index contributed by atoms with van der Waals surface area (Å²) in [4.78, 5) is 8.36. The quantitative estimate of drug-likeness (QED) is 0.371. The minimum Gasteiger partial charge on any atom is -0.328 e. The van der Waals surface area contributed by atoms with Crippen LogP contribution in [0.2, 0.25) is 0 Å². The predicted octanol–water partition coefficient (Wildman–Crippen LogP) is -0.353. The maximum absolute atomic E-state index is 8.36. The van der Waals surface area contributed by atoms with E-state index in [0.717, 1.165) is 0 Å². The van der Waals surface area contributed by atoms with Crippen molar-refractivity contribution < 1.29 is 49.2 Å². The molecule has 0 spiro atoms. The van der Waals surface area contributed by atoms with Crippen molar-refractivity contribution in [1.82, 2.24) is 0 Å². The second-order valence-corrected chi connectivity index (χ2v) is 0.238. The van der Waals surface area contributed by atoms with Gasteiger partial charge in [0.15, 0.2) is 0 Å². The van der Waals surface area contributed by atoms with E-state index in [4.69, 9.17) is 15.3 Å². The number of rotatable bonds is 0. The van der Waals surface area contributed by atoms with Gasteiger partial charge in [-0.15, -0.1) is 10.1 Å². The molecule has 0 aromatic heterocycles. The van der Waals surface area contributed by atoms with Crippen molar-refractivity contribution in [2.75, 3.05) is 0 Å². The minimum absolute atomic E-state index is 0. The van der Waals surface area contributed by atoms with Crippen molar-refractivity contribution in [3.8, 4) is 0 Å². The SMILES string of the molecule is O=[N+]([O-])O.[Rh].[Rh]. The number of hydrogen-bond donors (Lipinski definition) is 1. The van der Waals surface area contributed by atoms with Gasteiger partial charge >= 0.3 is 0 Å². The molecule has 0 amide bonds. The average molecular weight is 269 g/mol. The molecule has 6 heteroatoms. The van der Waals surface area contributed by atoms with E-state index in [1.807, 2.05) is 0 Å². The Bertz CT molecular complexity index is 31.8. The Labute approximate surface area is 59.5 Å². The zero-order valence-electron chi connectivity index (χ0n) is 2.38.